The first-order chi connectivity index (χ1) is 14.8. The first-order valence-corrected chi connectivity index (χ1v) is 11.0. The van der Waals surface area contributed by atoms with Crippen LogP contribution >= 0.6 is 11.8 Å². The van der Waals surface area contributed by atoms with Crippen molar-refractivity contribution in [2.45, 2.75) is 24.4 Å². The van der Waals surface area contributed by atoms with E-state index in [1.54, 1.807) is 16.4 Å². The van der Waals surface area contributed by atoms with Crippen molar-refractivity contribution in [1.29, 1.82) is 0 Å². The molecule has 3 aromatic carbocycles. The van der Waals surface area contributed by atoms with Gasteiger partial charge in [0.1, 0.15) is 0 Å². The van der Waals surface area contributed by atoms with Gasteiger partial charge in [-0.25, -0.2) is 0 Å². The molecule has 5 rings (SSSR count). The molecule has 30 heavy (non-hydrogen) atoms. The third-order valence-electron chi connectivity index (χ3n) is 5.34. The average molecular weight is 413 g/mol. The highest BCUT2D eigenvalue weighted by molar-refractivity contribution is 7.99. The van der Waals surface area contributed by atoms with Crippen LogP contribution in [-0.4, -0.2) is 31.7 Å². The lowest BCUT2D eigenvalue weighted by atomic mass is 10.00. The highest BCUT2D eigenvalue weighted by Gasteiger charge is 2.19. The second kappa shape index (κ2) is 8.24. The third kappa shape index (κ3) is 3.66. The van der Waals surface area contributed by atoms with E-state index in [0.29, 0.717) is 6.42 Å². The average Bonchev–Trinajstić information content (AvgIpc) is 3.41. The lowest BCUT2D eigenvalue weighted by Crippen LogP contribution is -2.02. The van der Waals surface area contributed by atoms with E-state index in [2.05, 4.69) is 51.9 Å². The number of nitrogens with zero attached hydrogens (tertiary/aromatic N) is 4. The molecule has 0 bridgehead atoms. The zero-order valence-corrected chi connectivity index (χ0v) is 17.2. The number of rotatable bonds is 7. The summed E-state index contributed by atoms with van der Waals surface area (Å²) in [6.07, 6.45) is 2.21. The molecule has 0 spiro atoms. The van der Waals surface area contributed by atoms with E-state index >= 15 is 0 Å². The third-order valence-corrected chi connectivity index (χ3v) is 6.34. The Labute approximate surface area is 179 Å². The lowest BCUT2D eigenvalue weighted by Gasteiger charge is -2.06. The van der Waals surface area contributed by atoms with Crippen LogP contribution in [0, 0.1) is 0 Å². The molecule has 0 radical (unpaired) electrons. The minimum absolute atomic E-state index is 0.192. The number of hydrogen-bond acceptors (Lipinski definition) is 5. The van der Waals surface area contributed by atoms with Crippen LogP contribution in [0.2, 0.25) is 0 Å². The molecule has 0 unspecified atom stereocenters. The summed E-state index contributed by atoms with van der Waals surface area (Å²) in [5.41, 5.74) is 6.87. The molecule has 0 fully saturated rings. The molecule has 0 amide bonds. The predicted molar refractivity (Wildman–Crippen MR) is 118 cm³/mol. The maximum absolute atomic E-state index is 12.7. The molecule has 0 saturated heterocycles. The van der Waals surface area contributed by atoms with Gasteiger partial charge in [0.25, 0.3) is 0 Å². The van der Waals surface area contributed by atoms with Crippen molar-refractivity contribution in [1.82, 2.24) is 20.2 Å². The van der Waals surface area contributed by atoms with E-state index in [4.69, 9.17) is 0 Å². The fourth-order valence-electron chi connectivity index (χ4n) is 3.86. The van der Waals surface area contributed by atoms with Crippen LogP contribution < -0.4 is 0 Å². The quantitative estimate of drug-likeness (QED) is 0.214. The summed E-state index contributed by atoms with van der Waals surface area (Å²) in [5.74, 6) is 0.979. The molecule has 148 valence electrons. The minimum atomic E-state index is 0.192. The van der Waals surface area contributed by atoms with Gasteiger partial charge in [0.2, 0.25) is 5.16 Å². The topological polar surface area (TPSA) is 60.7 Å². The molecular formula is C24H20N4OS. The van der Waals surface area contributed by atoms with Gasteiger partial charge in [0.15, 0.2) is 5.78 Å². The molecule has 4 aromatic rings. The molecule has 1 aromatic heterocycles. The first kappa shape index (κ1) is 18.8. The van der Waals surface area contributed by atoms with E-state index in [-0.39, 0.29) is 5.78 Å². The summed E-state index contributed by atoms with van der Waals surface area (Å²) < 4.78 is 1.73. The molecule has 1 aliphatic carbocycles. The van der Waals surface area contributed by atoms with Crippen LogP contribution in [0.4, 0.5) is 0 Å². The predicted octanol–water partition coefficient (Wildman–Crippen LogP) is 4.99. The number of fused-ring (bicyclic) bond motifs is 3. The highest BCUT2D eigenvalue weighted by atomic mass is 32.2. The van der Waals surface area contributed by atoms with Crippen LogP contribution in [0.15, 0.2) is 78.0 Å². The molecule has 0 aliphatic heterocycles. The molecule has 0 N–H and O–H groups in total. The fourth-order valence-corrected chi connectivity index (χ4v) is 4.69. The molecule has 1 aliphatic rings. The van der Waals surface area contributed by atoms with Gasteiger partial charge < -0.3 is 0 Å². The van der Waals surface area contributed by atoms with Crippen LogP contribution in [0.3, 0.4) is 0 Å². The maximum atomic E-state index is 12.7. The van der Waals surface area contributed by atoms with Crippen molar-refractivity contribution in [2.75, 3.05) is 5.75 Å². The largest absolute Gasteiger partial charge is 0.294 e. The van der Waals surface area contributed by atoms with E-state index in [9.17, 15) is 4.79 Å². The van der Waals surface area contributed by atoms with Crippen LogP contribution in [0.5, 0.6) is 0 Å². The van der Waals surface area contributed by atoms with Gasteiger partial charge in [0, 0.05) is 17.7 Å². The minimum Gasteiger partial charge on any atom is -0.294 e. The van der Waals surface area contributed by atoms with Crippen molar-refractivity contribution in [3.63, 3.8) is 0 Å². The number of tetrazole rings is 1. The maximum Gasteiger partial charge on any atom is 0.214 e. The SMILES string of the molecule is O=C(CCCSc1nnnn1-c1ccccc1)c1ccc2c(c1)Cc1ccccc1-2. The summed E-state index contributed by atoms with van der Waals surface area (Å²) in [7, 11) is 0. The Kier molecular flexibility index (Phi) is 5.15. The summed E-state index contributed by atoms with van der Waals surface area (Å²) in [4.78, 5) is 12.7. The highest BCUT2D eigenvalue weighted by Crippen LogP contribution is 2.36. The van der Waals surface area contributed by atoms with Gasteiger partial charge >= 0.3 is 0 Å². The smallest absolute Gasteiger partial charge is 0.214 e. The number of thioether (sulfide) groups is 1. The number of para-hydroxylation sites is 1. The monoisotopic (exact) mass is 412 g/mol. The van der Waals surface area contributed by atoms with Gasteiger partial charge in [-0.3, -0.25) is 4.79 Å². The molecule has 1 heterocycles. The normalized spacial score (nSPS) is 11.9. The van der Waals surface area contributed by atoms with Crippen LogP contribution in [-0.2, 0) is 6.42 Å². The Hall–Kier alpha value is -3.25. The van der Waals surface area contributed by atoms with Crippen molar-refractivity contribution in [2.24, 2.45) is 0 Å². The Morgan fingerprint density at radius 2 is 1.73 bits per heavy atom. The Balaban J connectivity index is 1.18. The van der Waals surface area contributed by atoms with E-state index in [0.717, 1.165) is 35.0 Å². The van der Waals surface area contributed by atoms with E-state index in [1.165, 1.54) is 22.3 Å². The second-order valence-electron chi connectivity index (χ2n) is 7.29. The Bertz CT molecular complexity index is 1200. The van der Waals surface area contributed by atoms with Gasteiger partial charge in [-0.1, -0.05) is 66.4 Å². The molecule has 0 atom stereocenters. The molecular weight excluding hydrogens is 392 g/mol. The number of carbonyl (C=O) groups excluding carboxylic acids is 1. The van der Waals surface area contributed by atoms with E-state index < -0.39 is 0 Å². The Morgan fingerprint density at radius 3 is 2.63 bits per heavy atom. The Morgan fingerprint density at radius 1 is 0.933 bits per heavy atom. The van der Waals surface area contributed by atoms with Gasteiger partial charge in [-0.15, -0.1) is 5.10 Å². The number of Topliss-reactive ketones (excluding diaryl/α,β-unsaturated/α-hetero) is 1. The van der Waals surface area contributed by atoms with Gasteiger partial charge in [0.05, 0.1) is 5.69 Å². The van der Waals surface area contributed by atoms with Gasteiger partial charge in [-0.2, -0.15) is 4.68 Å². The summed E-state index contributed by atoms with van der Waals surface area (Å²) in [6.45, 7) is 0. The number of carbonyl (C=O) groups is 1. The number of hydrogen-bond donors (Lipinski definition) is 0. The van der Waals surface area contributed by atoms with Crippen molar-refractivity contribution in [3.8, 4) is 16.8 Å². The van der Waals surface area contributed by atoms with E-state index in [1.807, 2.05) is 36.4 Å². The van der Waals surface area contributed by atoms with Crippen molar-refractivity contribution < 1.29 is 4.79 Å². The van der Waals surface area contributed by atoms with Crippen LogP contribution in [0.25, 0.3) is 16.8 Å². The molecule has 5 nitrogen and oxygen atoms in total. The second-order valence-corrected chi connectivity index (χ2v) is 8.35. The zero-order valence-electron chi connectivity index (χ0n) is 16.4. The summed E-state index contributed by atoms with van der Waals surface area (Å²) in [5, 5.41) is 12.7. The van der Waals surface area contributed by atoms with Crippen LogP contribution in [0.1, 0.15) is 34.3 Å². The summed E-state index contributed by atoms with van der Waals surface area (Å²) in [6, 6.07) is 24.4. The van der Waals surface area contributed by atoms with Crippen molar-refractivity contribution >= 4 is 17.5 Å². The summed E-state index contributed by atoms with van der Waals surface area (Å²) >= 11 is 1.57. The zero-order chi connectivity index (χ0) is 20.3. The molecule has 6 heteroatoms. The number of benzene rings is 3. The number of ketones is 1. The van der Waals surface area contributed by atoms with Crippen molar-refractivity contribution in [3.05, 3.63) is 89.5 Å². The first-order valence-electron chi connectivity index (χ1n) is 10.0. The fraction of sp³-hybridized carbons (Fsp3) is 0.167. The standard InChI is InChI=1S/C24H20N4OS/c29-23(18-12-13-22-19(16-18)15-17-7-4-5-10-21(17)22)11-6-14-30-24-25-26-27-28(24)20-8-2-1-3-9-20/h1-5,7-10,12-13,16H,6,11,14-15H2. The molecule has 0 saturated carbocycles. The number of aromatic nitrogens is 4. The lowest BCUT2D eigenvalue weighted by molar-refractivity contribution is 0.0982. The van der Waals surface area contributed by atoms with Gasteiger partial charge in [-0.05, 0) is 63.7 Å².